The topological polar surface area (TPSA) is 46.5 Å². The van der Waals surface area contributed by atoms with Crippen molar-refractivity contribution in [3.63, 3.8) is 0 Å². The second-order valence-corrected chi connectivity index (χ2v) is 4.53. The van der Waals surface area contributed by atoms with Crippen molar-refractivity contribution < 1.29 is 4.39 Å². The third-order valence-electron chi connectivity index (χ3n) is 2.91. The van der Waals surface area contributed by atoms with Crippen LogP contribution in [-0.2, 0) is 0 Å². The lowest BCUT2D eigenvalue weighted by Gasteiger charge is -2.03. The highest BCUT2D eigenvalue weighted by molar-refractivity contribution is 5.81. The van der Waals surface area contributed by atoms with Gasteiger partial charge < -0.3 is 4.98 Å². The first-order chi connectivity index (χ1) is 8.65. The summed E-state index contributed by atoms with van der Waals surface area (Å²) < 4.78 is 15.3. The summed E-state index contributed by atoms with van der Waals surface area (Å²) in [5.41, 5.74) is 2.18. The third kappa shape index (κ3) is 1.68. The molecule has 3 aromatic heterocycles. The first-order valence-electron chi connectivity index (χ1n) is 5.83. The number of rotatable bonds is 2. The Hall–Kier alpha value is -2.17. The van der Waals surface area contributed by atoms with Crippen LogP contribution < -0.4 is 0 Å². The third-order valence-corrected chi connectivity index (χ3v) is 2.91. The van der Waals surface area contributed by atoms with Crippen molar-refractivity contribution in [3.8, 4) is 11.3 Å². The normalized spacial score (nSPS) is 11.6. The predicted molar refractivity (Wildman–Crippen MR) is 67.7 cm³/mol. The molecule has 3 aromatic rings. The lowest BCUT2D eigenvalue weighted by Crippen LogP contribution is -2.00. The highest BCUT2D eigenvalue weighted by Gasteiger charge is 2.09. The van der Waals surface area contributed by atoms with Gasteiger partial charge in [0.15, 0.2) is 0 Å². The average molecular weight is 244 g/mol. The summed E-state index contributed by atoms with van der Waals surface area (Å²) in [6.45, 7) is 4.12. The van der Waals surface area contributed by atoms with E-state index in [0.29, 0.717) is 17.1 Å². The summed E-state index contributed by atoms with van der Waals surface area (Å²) in [5.74, 6) is -0.289. The lowest BCUT2D eigenvalue weighted by atomic mass is 10.2. The summed E-state index contributed by atoms with van der Waals surface area (Å²) >= 11 is 0. The highest BCUT2D eigenvalue weighted by atomic mass is 19.1. The van der Waals surface area contributed by atoms with Crippen LogP contribution in [0.15, 0.2) is 30.7 Å². The Balaban J connectivity index is 2.09. The van der Waals surface area contributed by atoms with Gasteiger partial charge in [-0.3, -0.25) is 4.68 Å². The largest absolute Gasteiger partial charge is 0.343 e. The zero-order chi connectivity index (χ0) is 12.7. The zero-order valence-electron chi connectivity index (χ0n) is 10.2. The van der Waals surface area contributed by atoms with Crippen molar-refractivity contribution in [2.75, 3.05) is 0 Å². The van der Waals surface area contributed by atoms with Crippen molar-refractivity contribution in [1.29, 1.82) is 0 Å². The molecule has 0 saturated heterocycles. The van der Waals surface area contributed by atoms with E-state index in [1.165, 1.54) is 6.20 Å². The molecule has 4 nitrogen and oxygen atoms in total. The van der Waals surface area contributed by atoms with Crippen LogP contribution in [0.1, 0.15) is 19.9 Å². The molecule has 3 rings (SSSR count). The minimum Gasteiger partial charge on any atom is -0.343 e. The summed E-state index contributed by atoms with van der Waals surface area (Å²) in [5, 5.41) is 4.94. The zero-order valence-corrected chi connectivity index (χ0v) is 10.2. The van der Waals surface area contributed by atoms with Crippen LogP contribution >= 0.6 is 0 Å². The van der Waals surface area contributed by atoms with Crippen molar-refractivity contribution in [3.05, 3.63) is 36.5 Å². The molecule has 0 aliphatic rings. The lowest BCUT2D eigenvalue weighted by molar-refractivity contribution is 0.534. The fourth-order valence-electron chi connectivity index (χ4n) is 1.89. The maximum absolute atomic E-state index is 13.5. The van der Waals surface area contributed by atoms with Gasteiger partial charge in [0.05, 0.1) is 11.1 Å². The van der Waals surface area contributed by atoms with E-state index in [1.807, 2.05) is 16.9 Å². The Morgan fingerprint density at radius 1 is 1.39 bits per heavy atom. The molecule has 18 heavy (non-hydrogen) atoms. The summed E-state index contributed by atoms with van der Waals surface area (Å²) in [6.07, 6.45) is 4.93. The fraction of sp³-hybridized carbons (Fsp3) is 0.231. The van der Waals surface area contributed by atoms with Gasteiger partial charge in [0.1, 0.15) is 11.5 Å². The van der Waals surface area contributed by atoms with Gasteiger partial charge in [0, 0.05) is 30.2 Å². The number of nitrogens with one attached hydrogen (secondary N) is 1. The monoisotopic (exact) mass is 244 g/mol. The fourth-order valence-corrected chi connectivity index (χ4v) is 1.89. The van der Waals surface area contributed by atoms with Crippen molar-refractivity contribution in [1.82, 2.24) is 19.7 Å². The minimum atomic E-state index is -0.289. The molecule has 0 atom stereocenters. The van der Waals surface area contributed by atoms with E-state index < -0.39 is 0 Å². The second kappa shape index (κ2) is 3.94. The highest BCUT2D eigenvalue weighted by Crippen LogP contribution is 2.23. The molecule has 0 saturated carbocycles. The maximum Gasteiger partial charge on any atom is 0.150 e. The van der Waals surface area contributed by atoms with Crippen LogP contribution in [0.2, 0.25) is 0 Å². The molecular formula is C13H13FN4. The van der Waals surface area contributed by atoms with Crippen LogP contribution in [-0.4, -0.2) is 19.7 Å². The number of pyridine rings is 1. The summed E-state index contributed by atoms with van der Waals surface area (Å²) in [6, 6.07) is 3.98. The van der Waals surface area contributed by atoms with E-state index in [1.54, 1.807) is 12.3 Å². The van der Waals surface area contributed by atoms with E-state index in [0.717, 1.165) is 11.3 Å². The number of aromatic nitrogens is 4. The van der Waals surface area contributed by atoms with Crippen molar-refractivity contribution in [2.45, 2.75) is 19.9 Å². The number of hydrogen-bond acceptors (Lipinski definition) is 2. The first kappa shape index (κ1) is 11.0. The smallest absolute Gasteiger partial charge is 0.150 e. The van der Waals surface area contributed by atoms with Gasteiger partial charge in [-0.15, -0.1) is 0 Å². The molecule has 3 heterocycles. The van der Waals surface area contributed by atoms with Crippen molar-refractivity contribution in [2.24, 2.45) is 0 Å². The Morgan fingerprint density at radius 2 is 2.22 bits per heavy atom. The molecule has 0 unspecified atom stereocenters. The van der Waals surface area contributed by atoms with Crippen LogP contribution in [0, 0.1) is 5.82 Å². The molecule has 0 radical (unpaired) electrons. The minimum absolute atomic E-state index is 0.289. The van der Waals surface area contributed by atoms with E-state index in [9.17, 15) is 4.39 Å². The molecule has 0 aromatic carbocycles. The van der Waals surface area contributed by atoms with Gasteiger partial charge in [-0.2, -0.15) is 5.10 Å². The van der Waals surface area contributed by atoms with Crippen LogP contribution in [0.25, 0.3) is 22.3 Å². The number of aromatic amines is 1. The van der Waals surface area contributed by atoms with Gasteiger partial charge in [-0.1, -0.05) is 0 Å². The van der Waals surface area contributed by atoms with Gasteiger partial charge in [-0.05, 0) is 26.0 Å². The number of nitrogens with zero attached hydrogens (tertiary/aromatic N) is 3. The summed E-state index contributed by atoms with van der Waals surface area (Å²) in [4.78, 5) is 6.97. The molecule has 0 bridgehead atoms. The summed E-state index contributed by atoms with van der Waals surface area (Å²) in [7, 11) is 0. The Kier molecular flexibility index (Phi) is 2.40. The molecule has 0 aliphatic heterocycles. The number of fused-ring (bicyclic) bond motifs is 1. The molecule has 1 N–H and O–H groups in total. The molecule has 0 spiro atoms. The van der Waals surface area contributed by atoms with Crippen LogP contribution in [0.5, 0.6) is 0 Å². The van der Waals surface area contributed by atoms with Gasteiger partial charge in [-0.25, -0.2) is 9.37 Å². The van der Waals surface area contributed by atoms with Crippen LogP contribution in [0.4, 0.5) is 4.39 Å². The maximum atomic E-state index is 13.5. The molecule has 0 amide bonds. The molecule has 5 heteroatoms. The van der Waals surface area contributed by atoms with Gasteiger partial charge in [0.2, 0.25) is 0 Å². The van der Waals surface area contributed by atoms with E-state index in [-0.39, 0.29) is 5.82 Å². The number of halogens is 1. The van der Waals surface area contributed by atoms with Gasteiger partial charge >= 0.3 is 0 Å². The Morgan fingerprint density at radius 3 is 2.94 bits per heavy atom. The standard InChI is InChI=1S/C13H13FN4/c1-8(2)18-4-3-12(17-18)9-5-10-11(14)7-16-13(10)15-6-9/h3-8H,1-2H3,(H,15,16). The molecule has 0 aliphatic carbocycles. The molecular weight excluding hydrogens is 231 g/mol. The Labute approximate surface area is 103 Å². The van der Waals surface area contributed by atoms with E-state index in [2.05, 4.69) is 28.9 Å². The predicted octanol–water partition coefficient (Wildman–Crippen LogP) is 3.15. The first-order valence-corrected chi connectivity index (χ1v) is 5.83. The Bertz CT molecular complexity index is 696. The quantitative estimate of drug-likeness (QED) is 0.752. The van der Waals surface area contributed by atoms with Gasteiger partial charge in [0.25, 0.3) is 0 Å². The van der Waals surface area contributed by atoms with E-state index >= 15 is 0 Å². The average Bonchev–Trinajstić information content (AvgIpc) is 2.96. The second-order valence-electron chi connectivity index (χ2n) is 4.53. The number of H-pyrrole nitrogens is 1. The molecule has 0 fully saturated rings. The number of hydrogen-bond donors (Lipinski definition) is 1. The van der Waals surface area contributed by atoms with E-state index in [4.69, 9.17) is 0 Å². The molecule has 92 valence electrons. The SMILES string of the molecule is CC(C)n1ccc(-c2cnc3[nH]cc(F)c3c2)n1. The van der Waals surface area contributed by atoms with Crippen molar-refractivity contribution >= 4 is 11.0 Å². The van der Waals surface area contributed by atoms with Crippen LogP contribution in [0.3, 0.4) is 0 Å².